The van der Waals surface area contributed by atoms with E-state index in [1.165, 1.54) is 17.0 Å². The third-order valence-corrected chi connectivity index (χ3v) is 4.44. The van der Waals surface area contributed by atoms with Gasteiger partial charge in [-0.05, 0) is 39.5 Å². The van der Waals surface area contributed by atoms with E-state index in [4.69, 9.17) is 5.21 Å². The van der Waals surface area contributed by atoms with Crippen LogP contribution < -0.4 is 10.6 Å². The van der Waals surface area contributed by atoms with Crippen LogP contribution in [0, 0.1) is 10.1 Å². The lowest BCUT2D eigenvalue weighted by molar-refractivity contribution is -0.396. The molecule has 0 saturated carbocycles. The summed E-state index contributed by atoms with van der Waals surface area (Å²) in [7, 11) is 0. The second-order valence-corrected chi connectivity index (χ2v) is 7.32. The maximum absolute atomic E-state index is 12.1. The van der Waals surface area contributed by atoms with Crippen LogP contribution in [-0.2, 0) is 11.3 Å². The summed E-state index contributed by atoms with van der Waals surface area (Å²) in [6.07, 6.45) is 2.83. The standard InChI is InChI=1S/C16H27N7O5/c1-11(20-25)15(2,3)19-13(24)6-7-18-16(4,5)12(21-26)10-22-9-8-17-14(22)23(27)28/h8-9,18,25-26H,6-7,10H2,1-5H3,(H,19,24). The highest BCUT2D eigenvalue weighted by atomic mass is 16.6. The Bertz CT molecular complexity index is 767. The average molecular weight is 397 g/mol. The second-order valence-electron chi connectivity index (χ2n) is 7.32. The van der Waals surface area contributed by atoms with E-state index in [-0.39, 0.29) is 37.1 Å². The van der Waals surface area contributed by atoms with Crippen LogP contribution >= 0.6 is 0 Å². The van der Waals surface area contributed by atoms with Crippen LogP contribution in [0.3, 0.4) is 0 Å². The molecule has 12 heteroatoms. The smallest absolute Gasteiger partial charge is 0.411 e. The summed E-state index contributed by atoms with van der Waals surface area (Å²) < 4.78 is 1.25. The fourth-order valence-corrected chi connectivity index (χ4v) is 2.33. The van der Waals surface area contributed by atoms with Crippen LogP contribution in [0.5, 0.6) is 0 Å². The maximum Gasteiger partial charge on any atom is 0.434 e. The topological polar surface area (TPSA) is 167 Å². The normalized spacial score (nSPS) is 13.5. The van der Waals surface area contributed by atoms with Gasteiger partial charge in [-0.25, -0.2) is 4.57 Å². The third-order valence-electron chi connectivity index (χ3n) is 4.44. The number of hydrogen-bond donors (Lipinski definition) is 4. The summed E-state index contributed by atoms with van der Waals surface area (Å²) in [5.41, 5.74) is -1.03. The van der Waals surface area contributed by atoms with Gasteiger partial charge in [-0.3, -0.25) is 4.79 Å². The molecule has 0 atom stereocenters. The monoisotopic (exact) mass is 397 g/mol. The SMILES string of the molecule is CC(=NO)C(C)(C)NC(=O)CCNC(C)(C)C(Cn1ccnc1[N+](=O)[O-])=NO. The lowest BCUT2D eigenvalue weighted by Gasteiger charge is -2.28. The Balaban J connectivity index is 2.68. The van der Waals surface area contributed by atoms with Gasteiger partial charge in [-0.1, -0.05) is 15.3 Å². The molecule has 12 nitrogen and oxygen atoms in total. The second kappa shape index (κ2) is 9.26. The van der Waals surface area contributed by atoms with Crippen molar-refractivity contribution in [3.05, 3.63) is 22.5 Å². The van der Waals surface area contributed by atoms with Crippen molar-refractivity contribution in [3.8, 4) is 0 Å². The van der Waals surface area contributed by atoms with Crippen LogP contribution in [-0.4, -0.2) is 59.8 Å². The number of amides is 1. The number of carbonyl (C=O) groups excluding carboxylic acids is 1. The van der Waals surface area contributed by atoms with E-state index in [1.807, 2.05) is 0 Å². The van der Waals surface area contributed by atoms with Gasteiger partial charge in [0, 0.05) is 13.0 Å². The number of carbonyl (C=O) groups is 1. The molecule has 0 radical (unpaired) electrons. The number of aromatic nitrogens is 2. The summed E-state index contributed by atoms with van der Waals surface area (Å²) in [5, 5.41) is 41.4. The molecule has 4 N–H and O–H groups in total. The number of hydrogen-bond acceptors (Lipinski definition) is 9. The van der Waals surface area contributed by atoms with E-state index in [1.54, 1.807) is 34.6 Å². The maximum atomic E-state index is 12.1. The first kappa shape index (κ1) is 23.0. The van der Waals surface area contributed by atoms with Crippen molar-refractivity contribution in [2.45, 2.75) is 58.7 Å². The average Bonchev–Trinajstić information content (AvgIpc) is 3.06. The quantitative estimate of drug-likeness (QED) is 0.198. The highest BCUT2D eigenvalue weighted by molar-refractivity contribution is 5.94. The fourth-order valence-electron chi connectivity index (χ4n) is 2.33. The van der Waals surface area contributed by atoms with Gasteiger partial charge in [0.25, 0.3) is 0 Å². The van der Waals surface area contributed by atoms with Gasteiger partial charge in [-0.15, -0.1) is 0 Å². The molecule has 156 valence electrons. The molecule has 0 saturated heterocycles. The number of nitrogens with zero attached hydrogens (tertiary/aromatic N) is 5. The highest BCUT2D eigenvalue weighted by Crippen LogP contribution is 2.13. The number of oxime groups is 2. The minimum Gasteiger partial charge on any atom is -0.411 e. The molecule has 0 fully saturated rings. The Morgan fingerprint density at radius 3 is 2.46 bits per heavy atom. The van der Waals surface area contributed by atoms with Crippen LogP contribution in [0.15, 0.2) is 22.7 Å². The predicted molar refractivity (Wildman–Crippen MR) is 102 cm³/mol. The molecule has 0 spiro atoms. The molecule has 0 aliphatic heterocycles. The van der Waals surface area contributed by atoms with Gasteiger partial charge < -0.3 is 31.2 Å². The zero-order chi connectivity index (χ0) is 21.5. The van der Waals surface area contributed by atoms with Gasteiger partial charge in [0.05, 0.1) is 16.8 Å². The van der Waals surface area contributed by atoms with Crippen LogP contribution in [0.1, 0.15) is 41.0 Å². The van der Waals surface area contributed by atoms with Crippen molar-refractivity contribution >= 4 is 23.3 Å². The molecule has 0 bridgehead atoms. The fraction of sp³-hybridized carbons (Fsp3) is 0.625. The number of rotatable bonds is 10. The van der Waals surface area contributed by atoms with Crippen LogP contribution in [0.2, 0.25) is 0 Å². The van der Waals surface area contributed by atoms with Gasteiger partial charge in [-0.2, -0.15) is 0 Å². The van der Waals surface area contributed by atoms with E-state index in [0.29, 0.717) is 5.71 Å². The summed E-state index contributed by atoms with van der Waals surface area (Å²) in [6.45, 7) is 8.70. The molecule has 1 heterocycles. The van der Waals surface area contributed by atoms with Crippen molar-refractivity contribution in [2.75, 3.05) is 6.54 Å². The molecule has 1 aromatic rings. The van der Waals surface area contributed by atoms with Crippen molar-refractivity contribution in [1.29, 1.82) is 0 Å². The van der Waals surface area contributed by atoms with Crippen molar-refractivity contribution in [2.24, 2.45) is 10.3 Å². The summed E-state index contributed by atoms with van der Waals surface area (Å²) >= 11 is 0. The number of nitrogens with one attached hydrogen (secondary N) is 2. The summed E-state index contributed by atoms with van der Waals surface area (Å²) in [4.78, 5) is 26.1. The van der Waals surface area contributed by atoms with Gasteiger partial charge in [0.1, 0.15) is 24.7 Å². The minimum atomic E-state index is -0.842. The Labute approximate surface area is 162 Å². The first-order chi connectivity index (χ1) is 12.9. The largest absolute Gasteiger partial charge is 0.434 e. The third kappa shape index (κ3) is 6.01. The predicted octanol–water partition coefficient (Wildman–Crippen LogP) is 1.12. The Morgan fingerprint density at radius 2 is 1.93 bits per heavy atom. The van der Waals surface area contributed by atoms with Gasteiger partial charge in [0.2, 0.25) is 5.91 Å². The number of nitro groups is 1. The molecule has 0 aliphatic carbocycles. The molecule has 0 aliphatic rings. The molecular formula is C16H27N7O5. The van der Waals surface area contributed by atoms with E-state index < -0.39 is 16.0 Å². The first-order valence-corrected chi connectivity index (χ1v) is 8.56. The molecule has 28 heavy (non-hydrogen) atoms. The number of imidazole rings is 1. The van der Waals surface area contributed by atoms with Crippen molar-refractivity contribution < 1.29 is 20.1 Å². The lowest BCUT2D eigenvalue weighted by atomic mass is 9.97. The minimum absolute atomic E-state index is 0.0435. The van der Waals surface area contributed by atoms with Gasteiger partial charge >= 0.3 is 5.95 Å². The Morgan fingerprint density at radius 1 is 1.29 bits per heavy atom. The Kier molecular flexibility index (Phi) is 7.61. The highest BCUT2D eigenvalue weighted by Gasteiger charge is 2.29. The van der Waals surface area contributed by atoms with E-state index in [0.717, 1.165) is 0 Å². The lowest BCUT2D eigenvalue weighted by Crippen LogP contribution is -2.51. The van der Waals surface area contributed by atoms with E-state index in [9.17, 15) is 20.1 Å². The molecule has 0 unspecified atom stereocenters. The van der Waals surface area contributed by atoms with E-state index in [2.05, 4.69) is 25.9 Å². The van der Waals surface area contributed by atoms with Crippen LogP contribution in [0.25, 0.3) is 0 Å². The molecule has 0 aromatic carbocycles. The zero-order valence-electron chi connectivity index (χ0n) is 16.6. The first-order valence-electron chi connectivity index (χ1n) is 8.56. The summed E-state index contributed by atoms with van der Waals surface area (Å²) in [6, 6.07) is 0. The van der Waals surface area contributed by atoms with E-state index >= 15 is 0 Å². The molecule has 1 rings (SSSR count). The summed E-state index contributed by atoms with van der Waals surface area (Å²) in [5.74, 6) is -0.622. The van der Waals surface area contributed by atoms with Crippen LogP contribution in [0.4, 0.5) is 5.95 Å². The van der Waals surface area contributed by atoms with Gasteiger partial charge in [0.15, 0.2) is 0 Å². The zero-order valence-corrected chi connectivity index (χ0v) is 16.6. The van der Waals surface area contributed by atoms with Crippen molar-refractivity contribution in [1.82, 2.24) is 20.2 Å². The molecule has 1 aromatic heterocycles. The van der Waals surface area contributed by atoms with Crippen molar-refractivity contribution in [3.63, 3.8) is 0 Å². The molecular weight excluding hydrogens is 370 g/mol. The Hall–Kier alpha value is -3.02. The molecule has 1 amide bonds.